The number of pyridine rings is 1. The van der Waals surface area contributed by atoms with Gasteiger partial charge in [-0.05, 0) is 26.8 Å². The van der Waals surface area contributed by atoms with Gasteiger partial charge in [0, 0.05) is 12.1 Å². The Morgan fingerprint density at radius 3 is 2.58 bits per heavy atom. The van der Waals surface area contributed by atoms with Crippen molar-refractivity contribution < 1.29 is 15.1 Å². The van der Waals surface area contributed by atoms with Crippen LogP contribution in [0.1, 0.15) is 19.4 Å². The summed E-state index contributed by atoms with van der Waals surface area (Å²) in [5.41, 5.74) is 0.452. The molecule has 0 saturated carbocycles. The van der Waals surface area contributed by atoms with Crippen molar-refractivity contribution in [3.63, 3.8) is 0 Å². The van der Waals surface area contributed by atoms with Gasteiger partial charge >= 0.3 is 0 Å². The Labute approximate surface area is 111 Å². The summed E-state index contributed by atoms with van der Waals surface area (Å²) in [5, 5.41) is 29.5. The quantitative estimate of drug-likeness (QED) is 0.587. The maximum Gasteiger partial charge on any atom is 0.290 e. The molecule has 0 aliphatic carbocycles. The van der Waals surface area contributed by atoms with E-state index >= 15 is 0 Å². The van der Waals surface area contributed by atoms with Gasteiger partial charge in [0.05, 0.1) is 23.7 Å². The fourth-order valence-electron chi connectivity index (χ4n) is 1.76. The summed E-state index contributed by atoms with van der Waals surface area (Å²) < 4.78 is 0. The zero-order chi connectivity index (χ0) is 14.6. The Bertz CT molecular complexity index is 451. The molecule has 7 nitrogen and oxygen atoms in total. The molecule has 19 heavy (non-hydrogen) atoms. The van der Waals surface area contributed by atoms with Crippen LogP contribution in [0.4, 0.5) is 11.5 Å². The van der Waals surface area contributed by atoms with Crippen molar-refractivity contribution in [3.8, 4) is 0 Å². The maximum absolute atomic E-state index is 10.7. The maximum atomic E-state index is 10.7. The molecule has 1 rings (SSSR count). The molecule has 2 unspecified atom stereocenters. The van der Waals surface area contributed by atoms with E-state index in [4.69, 9.17) is 0 Å². The fraction of sp³-hybridized carbons (Fsp3) is 0.583. The van der Waals surface area contributed by atoms with Gasteiger partial charge in [-0.3, -0.25) is 10.1 Å². The highest BCUT2D eigenvalue weighted by molar-refractivity contribution is 5.49. The number of hydrogen-bond donors (Lipinski definition) is 2. The molecule has 2 N–H and O–H groups in total. The second kappa shape index (κ2) is 6.44. The molecule has 1 heterocycles. The van der Waals surface area contributed by atoms with Crippen LogP contribution in [0, 0.1) is 17.0 Å². The molecule has 1 aromatic heterocycles. The SMILES string of the molecule is Cc1cc(N(CC(C)O)C(C)CO)ncc1[N+](=O)[O-]. The topological polar surface area (TPSA) is 99.7 Å². The van der Waals surface area contributed by atoms with Crippen molar-refractivity contribution in [2.75, 3.05) is 18.1 Å². The van der Waals surface area contributed by atoms with E-state index in [2.05, 4.69) is 4.98 Å². The number of aliphatic hydroxyl groups excluding tert-OH is 2. The normalized spacial score (nSPS) is 13.9. The summed E-state index contributed by atoms with van der Waals surface area (Å²) in [6.45, 7) is 5.26. The minimum absolute atomic E-state index is 0.0441. The third-order valence-corrected chi connectivity index (χ3v) is 2.82. The molecule has 0 fully saturated rings. The molecule has 0 aliphatic rings. The van der Waals surface area contributed by atoms with Gasteiger partial charge in [0.15, 0.2) is 0 Å². The molecule has 0 radical (unpaired) electrons. The smallest absolute Gasteiger partial charge is 0.290 e. The Morgan fingerprint density at radius 2 is 2.16 bits per heavy atom. The molecule has 0 amide bonds. The lowest BCUT2D eigenvalue weighted by Gasteiger charge is -2.30. The largest absolute Gasteiger partial charge is 0.394 e. The van der Waals surface area contributed by atoms with Crippen LogP contribution in [0.3, 0.4) is 0 Å². The number of rotatable bonds is 6. The van der Waals surface area contributed by atoms with Gasteiger partial charge in [-0.15, -0.1) is 0 Å². The Kier molecular flexibility index (Phi) is 5.20. The summed E-state index contributed by atoms with van der Waals surface area (Å²) in [4.78, 5) is 16.0. The van der Waals surface area contributed by atoms with Crippen molar-refractivity contribution in [2.24, 2.45) is 0 Å². The predicted octanol–water partition coefficient (Wildman–Crippen LogP) is 0.866. The molecule has 2 atom stereocenters. The molecule has 0 aromatic carbocycles. The van der Waals surface area contributed by atoms with E-state index in [-0.39, 0.29) is 18.3 Å². The highest BCUT2D eigenvalue weighted by Gasteiger charge is 2.20. The predicted molar refractivity (Wildman–Crippen MR) is 71.2 cm³/mol. The van der Waals surface area contributed by atoms with Crippen molar-refractivity contribution in [2.45, 2.75) is 32.9 Å². The molecule has 0 saturated heterocycles. The number of aromatic nitrogens is 1. The summed E-state index contributed by atoms with van der Waals surface area (Å²) in [6, 6.07) is 1.36. The highest BCUT2D eigenvalue weighted by Crippen LogP contribution is 2.22. The van der Waals surface area contributed by atoms with Crippen LogP contribution < -0.4 is 4.90 Å². The first-order valence-electron chi connectivity index (χ1n) is 6.03. The van der Waals surface area contributed by atoms with E-state index in [9.17, 15) is 20.3 Å². The zero-order valence-corrected chi connectivity index (χ0v) is 11.3. The number of hydrogen-bond acceptors (Lipinski definition) is 6. The van der Waals surface area contributed by atoms with Crippen molar-refractivity contribution in [3.05, 3.63) is 27.9 Å². The van der Waals surface area contributed by atoms with Gasteiger partial charge in [0.25, 0.3) is 5.69 Å². The Hall–Kier alpha value is -1.73. The summed E-state index contributed by atoms with van der Waals surface area (Å²) in [7, 11) is 0. The van der Waals surface area contributed by atoms with Crippen molar-refractivity contribution >= 4 is 11.5 Å². The number of aryl methyl sites for hydroxylation is 1. The Balaban J connectivity index is 3.09. The summed E-state index contributed by atoms with van der Waals surface area (Å²) in [6.07, 6.45) is 0.607. The number of anilines is 1. The number of nitro groups is 1. The third kappa shape index (κ3) is 3.87. The average Bonchev–Trinajstić information content (AvgIpc) is 2.34. The second-order valence-corrected chi connectivity index (χ2v) is 4.62. The molecule has 1 aromatic rings. The standard InChI is InChI=1S/C12H19N3O4/c1-8-4-12(13-5-11(8)15(18)19)14(6-10(3)17)9(2)7-16/h4-5,9-10,16-17H,6-7H2,1-3H3. The van der Waals surface area contributed by atoms with E-state index in [1.165, 1.54) is 6.20 Å². The van der Waals surface area contributed by atoms with Crippen LogP contribution in [-0.2, 0) is 0 Å². The van der Waals surface area contributed by atoms with Gasteiger partial charge in [0.1, 0.15) is 12.0 Å². The average molecular weight is 269 g/mol. The molecular weight excluding hydrogens is 250 g/mol. The number of nitrogens with zero attached hydrogens (tertiary/aromatic N) is 3. The van der Waals surface area contributed by atoms with Crippen molar-refractivity contribution in [1.29, 1.82) is 0 Å². The fourth-order valence-corrected chi connectivity index (χ4v) is 1.76. The molecule has 7 heteroatoms. The Morgan fingerprint density at radius 1 is 1.53 bits per heavy atom. The highest BCUT2D eigenvalue weighted by atomic mass is 16.6. The van der Waals surface area contributed by atoms with Crippen LogP contribution in [-0.4, -0.2) is 45.4 Å². The lowest BCUT2D eigenvalue weighted by molar-refractivity contribution is -0.385. The lowest BCUT2D eigenvalue weighted by atomic mass is 10.2. The minimum atomic E-state index is -0.591. The van der Waals surface area contributed by atoms with Gasteiger partial charge in [-0.25, -0.2) is 4.98 Å². The third-order valence-electron chi connectivity index (χ3n) is 2.82. The first kappa shape index (κ1) is 15.3. The van der Waals surface area contributed by atoms with Crippen LogP contribution in [0.5, 0.6) is 0 Å². The zero-order valence-electron chi connectivity index (χ0n) is 11.3. The van der Waals surface area contributed by atoms with E-state index in [0.717, 1.165) is 0 Å². The lowest BCUT2D eigenvalue weighted by Crippen LogP contribution is -2.40. The van der Waals surface area contributed by atoms with Crippen LogP contribution >= 0.6 is 0 Å². The van der Waals surface area contributed by atoms with Crippen LogP contribution in [0.2, 0.25) is 0 Å². The first-order valence-corrected chi connectivity index (χ1v) is 6.03. The van der Waals surface area contributed by atoms with E-state index in [0.29, 0.717) is 17.9 Å². The van der Waals surface area contributed by atoms with Gasteiger partial charge in [-0.2, -0.15) is 0 Å². The summed E-state index contributed by atoms with van der Waals surface area (Å²) >= 11 is 0. The van der Waals surface area contributed by atoms with Gasteiger partial charge < -0.3 is 15.1 Å². The van der Waals surface area contributed by atoms with Crippen LogP contribution in [0.15, 0.2) is 12.3 Å². The van der Waals surface area contributed by atoms with E-state index in [1.807, 2.05) is 0 Å². The molecule has 0 aliphatic heterocycles. The molecule has 106 valence electrons. The van der Waals surface area contributed by atoms with Gasteiger partial charge in [0.2, 0.25) is 0 Å². The summed E-state index contributed by atoms with van der Waals surface area (Å²) in [5.74, 6) is 0.505. The molecule has 0 spiro atoms. The van der Waals surface area contributed by atoms with Crippen LogP contribution in [0.25, 0.3) is 0 Å². The van der Waals surface area contributed by atoms with E-state index in [1.54, 1.807) is 31.7 Å². The number of aliphatic hydroxyl groups is 2. The second-order valence-electron chi connectivity index (χ2n) is 4.62. The molecule has 0 bridgehead atoms. The van der Waals surface area contributed by atoms with Gasteiger partial charge in [-0.1, -0.05) is 0 Å². The molecular formula is C12H19N3O4. The monoisotopic (exact) mass is 269 g/mol. The van der Waals surface area contributed by atoms with Crippen molar-refractivity contribution in [1.82, 2.24) is 4.98 Å². The van der Waals surface area contributed by atoms with E-state index < -0.39 is 11.0 Å². The minimum Gasteiger partial charge on any atom is -0.394 e. The first-order chi connectivity index (χ1) is 8.86.